The minimum Gasteiger partial charge on any atom is -0.395 e. The molecule has 0 spiro atoms. The first-order valence-electron chi connectivity index (χ1n) is 6.61. The highest BCUT2D eigenvalue weighted by molar-refractivity contribution is 7.99. The fourth-order valence-electron chi connectivity index (χ4n) is 1.66. The van der Waals surface area contributed by atoms with Crippen molar-refractivity contribution in [1.29, 1.82) is 0 Å². The van der Waals surface area contributed by atoms with Gasteiger partial charge in [0.1, 0.15) is 0 Å². The molecule has 0 aromatic rings. The number of hydrogen-bond acceptors (Lipinski definition) is 3. The van der Waals surface area contributed by atoms with Gasteiger partial charge in [-0.15, -0.1) is 0 Å². The number of nitrogens with one attached hydrogen (secondary N) is 2. The summed E-state index contributed by atoms with van der Waals surface area (Å²) in [6.45, 7) is 8.37. The average molecular weight is 276 g/mol. The third-order valence-corrected chi connectivity index (χ3v) is 4.12. The Labute approximate surface area is 115 Å². The first-order valence-corrected chi connectivity index (χ1v) is 7.90. The van der Waals surface area contributed by atoms with Crippen LogP contribution in [-0.4, -0.2) is 41.3 Å². The van der Waals surface area contributed by atoms with Crippen LogP contribution in [0.25, 0.3) is 0 Å². The standard InChI is InChI=1S/C13H28N2O2S/c1-9(2)6-7-10(3)14-13(17)15-11(4)12(8-16)18-5/h9-12,16H,6-8H2,1-5H3,(H2,14,15,17). The largest absolute Gasteiger partial charge is 0.395 e. The summed E-state index contributed by atoms with van der Waals surface area (Å²) in [6, 6.07) is -0.00462. The van der Waals surface area contributed by atoms with Crippen LogP contribution in [0.2, 0.25) is 0 Å². The lowest BCUT2D eigenvalue weighted by atomic mass is 10.0. The van der Waals surface area contributed by atoms with Gasteiger partial charge in [-0.2, -0.15) is 11.8 Å². The van der Waals surface area contributed by atoms with E-state index in [0.717, 1.165) is 12.8 Å². The molecule has 0 aliphatic rings. The summed E-state index contributed by atoms with van der Waals surface area (Å²) < 4.78 is 0. The van der Waals surface area contributed by atoms with Gasteiger partial charge < -0.3 is 15.7 Å². The Kier molecular flexibility index (Phi) is 9.28. The lowest BCUT2D eigenvalue weighted by Crippen LogP contribution is -2.48. The molecule has 2 amide bonds. The van der Waals surface area contributed by atoms with Crippen LogP contribution in [-0.2, 0) is 0 Å². The van der Waals surface area contributed by atoms with Crippen molar-refractivity contribution in [3.63, 3.8) is 0 Å². The van der Waals surface area contributed by atoms with Gasteiger partial charge in [0.05, 0.1) is 6.61 Å². The normalized spacial score (nSPS) is 16.2. The van der Waals surface area contributed by atoms with Crippen LogP contribution in [0.3, 0.4) is 0 Å². The third-order valence-electron chi connectivity index (χ3n) is 2.95. The number of thioether (sulfide) groups is 1. The minimum absolute atomic E-state index is 0.0395. The summed E-state index contributed by atoms with van der Waals surface area (Å²) in [5.74, 6) is 0.659. The highest BCUT2D eigenvalue weighted by Gasteiger charge is 2.18. The van der Waals surface area contributed by atoms with Crippen LogP contribution >= 0.6 is 11.8 Å². The molecule has 0 aliphatic heterocycles. The van der Waals surface area contributed by atoms with Crippen molar-refractivity contribution in [3.05, 3.63) is 0 Å². The summed E-state index contributed by atoms with van der Waals surface area (Å²) in [4.78, 5) is 11.7. The van der Waals surface area contributed by atoms with Crippen LogP contribution in [0.4, 0.5) is 4.79 Å². The van der Waals surface area contributed by atoms with E-state index in [0.29, 0.717) is 5.92 Å². The Morgan fingerprint density at radius 2 is 1.78 bits per heavy atom. The zero-order valence-electron chi connectivity index (χ0n) is 12.2. The predicted molar refractivity (Wildman–Crippen MR) is 79.1 cm³/mol. The van der Waals surface area contributed by atoms with Crippen molar-refractivity contribution in [3.8, 4) is 0 Å². The minimum atomic E-state index is -0.147. The molecule has 0 aromatic carbocycles. The van der Waals surface area contributed by atoms with Gasteiger partial charge >= 0.3 is 6.03 Å². The molecule has 0 bridgehead atoms. The van der Waals surface area contributed by atoms with Crippen molar-refractivity contribution >= 4 is 17.8 Å². The third kappa shape index (κ3) is 7.82. The summed E-state index contributed by atoms with van der Waals surface area (Å²) in [7, 11) is 0. The summed E-state index contributed by atoms with van der Waals surface area (Å²) in [5.41, 5.74) is 0. The Bertz CT molecular complexity index is 233. The Morgan fingerprint density at radius 1 is 1.17 bits per heavy atom. The molecule has 0 heterocycles. The van der Waals surface area contributed by atoms with Crippen molar-refractivity contribution in [2.24, 2.45) is 5.92 Å². The van der Waals surface area contributed by atoms with E-state index in [1.165, 1.54) is 0 Å². The van der Waals surface area contributed by atoms with Gasteiger partial charge in [-0.25, -0.2) is 4.79 Å². The smallest absolute Gasteiger partial charge is 0.315 e. The van der Waals surface area contributed by atoms with Gasteiger partial charge in [-0.1, -0.05) is 13.8 Å². The van der Waals surface area contributed by atoms with Crippen molar-refractivity contribution < 1.29 is 9.90 Å². The molecule has 3 unspecified atom stereocenters. The SMILES string of the molecule is CSC(CO)C(C)NC(=O)NC(C)CCC(C)C. The topological polar surface area (TPSA) is 61.4 Å². The lowest BCUT2D eigenvalue weighted by Gasteiger charge is -2.23. The van der Waals surface area contributed by atoms with Gasteiger partial charge in [-0.3, -0.25) is 0 Å². The van der Waals surface area contributed by atoms with Crippen LogP contribution in [0.1, 0.15) is 40.5 Å². The average Bonchev–Trinajstić information content (AvgIpc) is 2.27. The van der Waals surface area contributed by atoms with E-state index < -0.39 is 0 Å². The summed E-state index contributed by atoms with van der Waals surface area (Å²) >= 11 is 1.56. The van der Waals surface area contributed by atoms with Crippen LogP contribution in [0.5, 0.6) is 0 Å². The zero-order chi connectivity index (χ0) is 14.1. The van der Waals surface area contributed by atoms with E-state index in [2.05, 4.69) is 24.5 Å². The van der Waals surface area contributed by atoms with Gasteiger partial charge in [0, 0.05) is 17.3 Å². The highest BCUT2D eigenvalue weighted by Crippen LogP contribution is 2.10. The second-order valence-electron chi connectivity index (χ2n) is 5.24. The van der Waals surface area contributed by atoms with E-state index in [1.54, 1.807) is 11.8 Å². The Balaban J connectivity index is 3.95. The molecule has 0 saturated heterocycles. The number of hydrogen-bond donors (Lipinski definition) is 3. The van der Waals surface area contributed by atoms with Gasteiger partial charge in [0.25, 0.3) is 0 Å². The van der Waals surface area contributed by atoms with E-state index in [1.807, 2.05) is 20.1 Å². The fourth-order valence-corrected chi connectivity index (χ4v) is 2.28. The number of carbonyl (C=O) groups is 1. The first-order chi connectivity index (χ1) is 8.40. The molecule has 0 aromatic heterocycles. The molecule has 0 fully saturated rings. The first kappa shape index (κ1) is 17.6. The number of aliphatic hydroxyl groups is 1. The lowest BCUT2D eigenvalue weighted by molar-refractivity contribution is 0.228. The molecule has 18 heavy (non-hydrogen) atoms. The quantitative estimate of drug-likeness (QED) is 0.637. The molecule has 0 radical (unpaired) electrons. The van der Waals surface area contributed by atoms with Crippen molar-refractivity contribution in [1.82, 2.24) is 10.6 Å². The second kappa shape index (κ2) is 9.50. The maximum atomic E-state index is 11.7. The monoisotopic (exact) mass is 276 g/mol. The number of amides is 2. The van der Waals surface area contributed by atoms with Crippen LogP contribution in [0, 0.1) is 5.92 Å². The number of aliphatic hydroxyl groups excluding tert-OH is 1. The van der Waals surface area contributed by atoms with Crippen molar-refractivity contribution in [2.45, 2.75) is 57.9 Å². The molecule has 0 aliphatic carbocycles. The number of rotatable bonds is 8. The van der Waals surface area contributed by atoms with E-state index in [9.17, 15) is 4.79 Å². The van der Waals surface area contributed by atoms with Crippen molar-refractivity contribution in [2.75, 3.05) is 12.9 Å². The van der Waals surface area contributed by atoms with Gasteiger partial charge in [0.15, 0.2) is 0 Å². The van der Waals surface area contributed by atoms with Gasteiger partial charge in [0.2, 0.25) is 0 Å². The molecule has 5 heteroatoms. The van der Waals surface area contributed by atoms with Crippen LogP contribution in [0.15, 0.2) is 0 Å². The molecule has 0 saturated carbocycles. The summed E-state index contributed by atoms with van der Waals surface area (Å²) in [6.07, 6.45) is 4.04. The molecule has 108 valence electrons. The van der Waals surface area contributed by atoms with E-state index in [4.69, 9.17) is 5.11 Å². The number of urea groups is 1. The molecule has 3 N–H and O–H groups in total. The van der Waals surface area contributed by atoms with Crippen LogP contribution < -0.4 is 10.6 Å². The predicted octanol–water partition coefficient (Wildman–Crippen LogP) is 2.22. The van der Waals surface area contributed by atoms with E-state index in [-0.39, 0.29) is 30.0 Å². The molecular formula is C13H28N2O2S. The molecule has 3 atom stereocenters. The summed E-state index contributed by atoms with van der Waals surface area (Å²) in [5, 5.41) is 15.0. The number of carbonyl (C=O) groups excluding carboxylic acids is 1. The van der Waals surface area contributed by atoms with Gasteiger partial charge in [-0.05, 0) is 38.9 Å². The Hall–Kier alpha value is -0.420. The molecular weight excluding hydrogens is 248 g/mol. The Morgan fingerprint density at radius 3 is 2.22 bits per heavy atom. The maximum absolute atomic E-state index is 11.7. The highest BCUT2D eigenvalue weighted by atomic mass is 32.2. The van der Waals surface area contributed by atoms with E-state index >= 15 is 0 Å². The maximum Gasteiger partial charge on any atom is 0.315 e. The molecule has 0 rings (SSSR count). The second-order valence-corrected chi connectivity index (χ2v) is 6.31. The fraction of sp³-hybridized carbons (Fsp3) is 0.923. The molecule has 4 nitrogen and oxygen atoms in total. The zero-order valence-corrected chi connectivity index (χ0v) is 13.0.